The largest absolute Gasteiger partial charge is 0.366 e. The SMILES string of the molecule is CCNC(=NCC(C)N1CCc2ccccc21)NCCN1C(=O)C2C3C=CC(C3)C2C1=O.I. The molecule has 2 aliphatic carbocycles. The molecule has 0 radical (unpaired) electrons. The van der Waals surface area contributed by atoms with Gasteiger partial charge in [-0.25, -0.2) is 0 Å². The third-order valence-corrected chi connectivity index (χ3v) is 7.50. The molecule has 2 heterocycles. The quantitative estimate of drug-likeness (QED) is 0.175. The number of amides is 2. The maximum absolute atomic E-state index is 12.8. The van der Waals surface area contributed by atoms with Crippen LogP contribution >= 0.6 is 24.0 Å². The highest BCUT2D eigenvalue weighted by atomic mass is 127. The van der Waals surface area contributed by atoms with Crippen molar-refractivity contribution in [2.45, 2.75) is 32.7 Å². The topological polar surface area (TPSA) is 77.0 Å². The molecule has 5 unspecified atom stereocenters. The van der Waals surface area contributed by atoms with E-state index in [1.54, 1.807) is 0 Å². The van der Waals surface area contributed by atoms with Crippen LogP contribution in [0.5, 0.6) is 0 Å². The molecule has 178 valence electrons. The summed E-state index contributed by atoms with van der Waals surface area (Å²) in [5, 5.41) is 6.60. The zero-order valence-corrected chi connectivity index (χ0v) is 21.7. The molecule has 2 aliphatic heterocycles. The van der Waals surface area contributed by atoms with Crippen LogP contribution in [0.3, 0.4) is 0 Å². The molecule has 2 fully saturated rings. The van der Waals surface area contributed by atoms with Gasteiger partial charge in [-0.2, -0.15) is 0 Å². The van der Waals surface area contributed by atoms with E-state index in [9.17, 15) is 9.59 Å². The Kier molecular flexibility index (Phi) is 7.31. The summed E-state index contributed by atoms with van der Waals surface area (Å²) in [4.78, 5) is 34.4. The van der Waals surface area contributed by atoms with Crippen LogP contribution < -0.4 is 15.5 Å². The van der Waals surface area contributed by atoms with Crippen molar-refractivity contribution in [3.63, 3.8) is 0 Å². The van der Waals surface area contributed by atoms with Crippen LogP contribution in [0.1, 0.15) is 25.8 Å². The molecule has 1 saturated carbocycles. The van der Waals surface area contributed by atoms with Crippen molar-refractivity contribution >= 4 is 47.4 Å². The second-order valence-electron chi connectivity index (χ2n) is 9.40. The fourth-order valence-electron chi connectivity index (χ4n) is 5.96. The number of hydrogen-bond donors (Lipinski definition) is 2. The number of likely N-dealkylation sites (tertiary alicyclic amines) is 1. The lowest BCUT2D eigenvalue weighted by Crippen LogP contribution is -2.44. The highest BCUT2D eigenvalue weighted by Gasteiger charge is 2.58. The standard InChI is InChI=1S/C25H33N5O2.HI/c1-3-26-25(28-15-16(2)29-12-10-17-6-4-5-7-20(17)29)27-11-13-30-23(31)21-18-8-9-19(14-18)22(21)24(30)32;/h4-9,16,18-19,21-22H,3,10-15H2,1-2H3,(H2,26,27,28);1H. The van der Waals surface area contributed by atoms with Gasteiger partial charge in [0.1, 0.15) is 0 Å². The smallest absolute Gasteiger partial charge is 0.233 e. The number of carbonyl (C=O) groups excluding carboxylic acids is 2. The van der Waals surface area contributed by atoms with Crippen LogP contribution in [-0.4, -0.2) is 61.4 Å². The van der Waals surface area contributed by atoms with E-state index in [-0.39, 0.29) is 65.5 Å². The van der Waals surface area contributed by atoms with Crippen molar-refractivity contribution in [3.8, 4) is 0 Å². The molecule has 4 aliphatic rings. The number of benzene rings is 1. The molecule has 0 spiro atoms. The first-order chi connectivity index (χ1) is 15.6. The van der Waals surface area contributed by atoms with E-state index in [4.69, 9.17) is 4.99 Å². The predicted octanol–water partition coefficient (Wildman–Crippen LogP) is 2.42. The Morgan fingerprint density at radius 1 is 1.12 bits per heavy atom. The molecule has 5 rings (SSSR count). The summed E-state index contributed by atoms with van der Waals surface area (Å²) in [6.45, 7) is 7.60. The number of rotatable bonds is 7. The molecule has 2 N–H and O–H groups in total. The van der Waals surface area contributed by atoms with Gasteiger partial charge in [0.2, 0.25) is 11.8 Å². The Hall–Kier alpha value is -2.10. The van der Waals surface area contributed by atoms with Crippen molar-refractivity contribution < 1.29 is 9.59 Å². The Balaban J connectivity index is 0.00000259. The molecule has 1 aromatic carbocycles. The predicted molar refractivity (Wildman–Crippen MR) is 141 cm³/mol. The minimum atomic E-state index is -0.122. The Morgan fingerprint density at radius 3 is 2.52 bits per heavy atom. The van der Waals surface area contributed by atoms with Crippen LogP contribution in [0, 0.1) is 23.7 Å². The summed E-state index contributed by atoms with van der Waals surface area (Å²) in [7, 11) is 0. The van der Waals surface area contributed by atoms with Gasteiger partial charge in [0, 0.05) is 37.9 Å². The molecule has 1 aromatic rings. The Bertz CT molecular complexity index is 934. The Morgan fingerprint density at radius 2 is 1.82 bits per heavy atom. The normalized spacial score (nSPS) is 28.1. The first kappa shape index (κ1) is 24.0. The number of nitrogens with one attached hydrogen (secondary N) is 2. The van der Waals surface area contributed by atoms with Gasteiger partial charge in [-0.3, -0.25) is 19.5 Å². The minimum absolute atomic E-state index is 0. The number of carbonyl (C=O) groups is 2. The number of guanidine groups is 1. The third kappa shape index (κ3) is 4.38. The average molecular weight is 563 g/mol. The fourth-order valence-corrected chi connectivity index (χ4v) is 5.96. The molecule has 0 aromatic heterocycles. The lowest BCUT2D eigenvalue weighted by Gasteiger charge is -2.26. The zero-order valence-electron chi connectivity index (χ0n) is 19.4. The number of para-hydroxylation sites is 1. The second kappa shape index (κ2) is 10.0. The molecular weight excluding hydrogens is 529 g/mol. The number of imide groups is 1. The summed E-state index contributed by atoms with van der Waals surface area (Å²) < 4.78 is 0. The maximum Gasteiger partial charge on any atom is 0.233 e. The van der Waals surface area contributed by atoms with Crippen LogP contribution in [0.2, 0.25) is 0 Å². The lowest BCUT2D eigenvalue weighted by atomic mass is 9.85. The van der Waals surface area contributed by atoms with E-state index in [2.05, 4.69) is 58.9 Å². The highest BCUT2D eigenvalue weighted by molar-refractivity contribution is 14.0. The molecule has 1 saturated heterocycles. The first-order valence-electron chi connectivity index (χ1n) is 12.0. The van der Waals surface area contributed by atoms with Crippen LogP contribution in [0.15, 0.2) is 41.4 Å². The number of hydrogen-bond acceptors (Lipinski definition) is 4. The summed E-state index contributed by atoms with van der Waals surface area (Å²) in [5.41, 5.74) is 2.72. The average Bonchev–Trinajstić information content (AvgIpc) is 3.56. The number of allylic oxidation sites excluding steroid dienone is 2. The van der Waals surface area contributed by atoms with Crippen molar-refractivity contribution in [2.24, 2.45) is 28.7 Å². The molecule has 2 bridgehead atoms. The number of nitrogens with zero attached hydrogens (tertiary/aromatic N) is 3. The summed E-state index contributed by atoms with van der Waals surface area (Å²) in [6.07, 6.45) is 6.32. The summed E-state index contributed by atoms with van der Waals surface area (Å²) in [6, 6.07) is 8.87. The zero-order chi connectivity index (χ0) is 22.2. The van der Waals surface area contributed by atoms with Crippen molar-refractivity contribution in [2.75, 3.05) is 37.6 Å². The van der Waals surface area contributed by atoms with E-state index in [1.165, 1.54) is 16.2 Å². The van der Waals surface area contributed by atoms with E-state index in [0.29, 0.717) is 19.6 Å². The molecule has 33 heavy (non-hydrogen) atoms. The molecule has 5 atom stereocenters. The van der Waals surface area contributed by atoms with Crippen LogP contribution in [0.4, 0.5) is 5.69 Å². The van der Waals surface area contributed by atoms with Gasteiger partial charge in [-0.15, -0.1) is 24.0 Å². The van der Waals surface area contributed by atoms with Gasteiger partial charge in [0.25, 0.3) is 0 Å². The van der Waals surface area contributed by atoms with E-state index < -0.39 is 0 Å². The summed E-state index contributed by atoms with van der Waals surface area (Å²) >= 11 is 0. The van der Waals surface area contributed by atoms with Gasteiger partial charge in [0.15, 0.2) is 5.96 Å². The van der Waals surface area contributed by atoms with E-state index >= 15 is 0 Å². The molecule has 2 amide bonds. The third-order valence-electron chi connectivity index (χ3n) is 7.50. The van der Waals surface area contributed by atoms with Crippen molar-refractivity contribution in [1.29, 1.82) is 0 Å². The number of halogens is 1. The first-order valence-corrected chi connectivity index (χ1v) is 12.0. The monoisotopic (exact) mass is 563 g/mol. The minimum Gasteiger partial charge on any atom is -0.366 e. The fraction of sp³-hybridized carbons (Fsp3) is 0.560. The Labute approximate surface area is 213 Å². The number of anilines is 1. The van der Waals surface area contributed by atoms with Gasteiger partial charge >= 0.3 is 0 Å². The van der Waals surface area contributed by atoms with Crippen molar-refractivity contribution in [3.05, 3.63) is 42.0 Å². The van der Waals surface area contributed by atoms with Crippen molar-refractivity contribution in [1.82, 2.24) is 15.5 Å². The second-order valence-corrected chi connectivity index (χ2v) is 9.40. The molecule has 7 nitrogen and oxygen atoms in total. The van der Waals surface area contributed by atoms with E-state index in [0.717, 1.165) is 31.9 Å². The van der Waals surface area contributed by atoms with Gasteiger partial charge in [-0.05, 0) is 50.2 Å². The van der Waals surface area contributed by atoms with Gasteiger partial charge in [0.05, 0.1) is 18.4 Å². The lowest BCUT2D eigenvalue weighted by molar-refractivity contribution is -0.140. The van der Waals surface area contributed by atoms with Gasteiger partial charge < -0.3 is 15.5 Å². The van der Waals surface area contributed by atoms with Gasteiger partial charge in [-0.1, -0.05) is 30.4 Å². The number of fused-ring (bicyclic) bond motifs is 6. The highest BCUT2D eigenvalue weighted by Crippen LogP contribution is 2.52. The summed E-state index contributed by atoms with van der Waals surface area (Å²) in [5.74, 6) is 1.04. The molecule has 8 heteroatoms. The van der Waals surface area contributed by atoms with Crippen LogP contribution in [-0.2, 0) is 16.0 Å². The maximum atomic E-state index is 12.8. The van der Waals surface area contributed by atoms with Crippen LogP contribution in [0.25, 0.3) is 0 Å². The molecular formula is C25H34IN5O2. The van der Waals surface area contributed by atoms with E-state index in [1.807, 2.05) is 6.92 Å². The number of aliphatic imine (C=N–C) groups is 1.